The van der Waals surface area contributed by atoms with Crippen LogP contribution < -0.4 is 4.74 Å². The summed E-state index contributed by atoms with van der Waals surface area (Å²) in [5.41, 5.74) is 2.26. The van der Waals surface area contributed by atoms with E-state index in [1.807, 2.05) is 13.0 Å². The zero-order valence-corrected chi connectivity index (χ0v) is 14.3. The number of aromatic nitrogens is 6. The fourth-order valence-corrected chi connectivity index (χ4v) is 3.36. The summed E-state index contributed by atoms with van der Waals surface area (Å²) in [6.07, 6.45) is -4.72. The average molecular weight is 380 g/mol. The molecule has 1 aromatic carbocycles. The topological polar surface area (TPSA) is 70.1 Å². The summed E-state index contributed by atoms with van der Waals surface area (Å²) in [6, 6.07) is 7.40. The van der Waals surface area contributed by atoms with Crippen molar-refractivity contribution in [2.24, 2.45) is 7.05 Å². The number of benzene rings is 1. The molecule has 26 heavy (non-hydrogen) atoms. The van der Waals surface area contributed by atoms with Crippen LogP contribution in [0.2, 0.25) is 0 Å². The van der Waals surface area contributed by atoms with Crippen LogP contribution in [0.3, 0.4) is 0 Å². The highest BCUT2D eigenvalue weighted by molar-refractivity contribution is 7.19. The monoisotopic (exact) mass is 380 g/mol. The van der Waals surface area contributed by atoms with E-state index in [2.05, 4.69) is 25.1 Å². The predicted molar refractivity (Wildman–Crippen MR) is 87.7 cm³/mol. The quantitative estimate of drug-likeness (QED) is 0.544. The third-order valence-corrected chi connectivity index (χ3v) is 4.50. The SMILES string of the molecule is Cc1cc(-c2nnc3sc(-c4ccc(OC(F)(F)F)cc4)nn23)n(C)n1. The lowest BCUT2D eigenvalue weighted by atomic mass is 10.2. The van der Waals surface area contributed by atoms with Crippen LogP contribution in [0.5, 0.6) is 5.75 Å². The Morgan fingerprint density at radius 1 is 1.08 bits per heavy atom. The molecule has 0 radical (unpaired) electrons. The molecule has 134 valence electrons. The van der Waals surface area contributed by atoms with E-state index in [4.69, 9.17) is 0 Å². The molecular weight excluding hydrogens is 369 g/mol. The van der Waals surface area contributed by atoms with Crippen LogP contribution in [0.1, 0.15) is 5.69 Å². The van der Waals surface area contributed by atoms with Crippen molar-refractivity contribution in [3.05, 3.63) is 36.0 Å². The van der Waals surface area contributed by atoms with Gasteiger partial charge in [-0.15, -0.1) is 23.4 Å². The molecule has 0 unspecified atom stereocenters. The number of hydrogen-bond donors (Lipinski definition) is 0. The smallest absolute Gasteiger partial charge is 0.406 e. The van der Waals surface area contributed by atoms with Crippen molar-refractivity contribution < 1.29 is 17.9 Å². The van der Waals surface area contributed by atoms with Gasteiger partial charge in [0, 0.05) is 12.6 Å². The number of aryl methyl sites for hydroxylation is 2. The molecule has 3 aromatic heterocycles. The number of fused-ring (bicyclic) bond motifs is 1. The van der Waals surface area contributed by atoms with Crippen LogP contribution in [0.25, 0.3) is 27.1 Å². The Balaban J connectivity index is 1.69. The van der Waals surface area contributed by atoms with Crippen molar-refractivity contribution in [1.82, 2.24) is 29.6 Å². The lowest BCUT2D eigenvalue weighted by Crippen LogP contribution is -2.16. The van der Waals surface area contributed by atoms with Crippen LogP contribution in [-0.2, 0) is 7.05 Å². The largest absolute Gasteiger partial charge is 0.573 e. The van der Waals surface area contributed by atoms with E-state index in [0.717, 1.165) is 11.4 Å². The minimum atomic E-state index is -4.72. The molecule has 0 bridgehead atoms. The summed E-state index contributed by atoms with van der Waals surface area (Å²) >= 11 is 1.28. The maximum Gasteiger partial charge on any atom is 0.573 e. The normalized spacial score (nSPS) is 12.0. The molecule has 3 heterocycles. The number of nitrogens with zero attached hydrogens (tertiary/aromatic N) is 6. The summed E-state index contributed by atoms with van der Waals surface area (Å²) in [4.78, 5) is 0.574. The summed E-state index contributed by atoms with van der Waals surface area (Å²) < 4.78 is 43.9. The summed E-state index contributed by atoms with van der Waals surface area (Å²) in [6.45, 7) is 1.87. The van der Waals surface area contributed by atoms with Gasteiger partial charge < -0.3 is 4.74 Å². The van der Waals surface area contributed by atoms with E-state index < -0.39 is 6.36 Å². The Bertz CT molecular complexity index is 1080. The average Bonchev–Trinajstić information content (AvgIpc) is 3.20. The van der Waals surface area contributed by atoms with E-state index >= 15 is 0 Å². The van der Waals surface area contributed by atoms with Crippen LogP contribution in [0.4, 0.5) is 13.2 Å². The summed E-state index contributed by atoms with van der Waals surface area (Å²) in [7, 11) is 1.80. The maximum atomic E-state index is 12.2. The molecule has 4 rings (SSSR count). The number of halogens is 3. The summed E-state index contributed by atoms with van der Waals surface area (Å²) in [5, 5.41) is 17.6. The molecule has 0 atom stereocenters. The zero-order chi connectivity index (χ0) is 18.5. The number of alkyl halides is 3. The van der Waals surface area contributed by atoms with E-state index in [-0.39, 0.29) is 5.75 Å². The third-order valence-electron chi connectivity index (χ3n) is 3.56. The van der Waals surface area contributed by atoms with E-state index in [0.29, 0.717) is 21.4 Å². The summed E-state index contributed by atoms with van der Waals surface area (Å²) in [5.74, 6) is 0.262. The molecule has 0 aliphatic rings. The van der Waals surface area contributed by atoms with Gasteiger partial charge in [0.15, 0.2) is 0 Å². The van der Waals surface area contributed by atoms with Gasteiger partial charge in [-0.05, 0) is 37.3 Å². The van der Waals surface area contributed by atoms with Crippen molar-refractivity contribution in [3.8, 4) is 27.8 Å². The van der Waals surface area contributed by atoms with E-state index in [1.54, 1.807) is 16.2 Å². The van der Waals surface area contributed by atoms with Crippen LogP contribution in [-0.4, -0.2) is 36.0 Å². The van der Waals surface area contributed by atoms with Gasteiger partial charge in [-0.2, -0.15) is 14.7 Å². The second-order valence-corrected chi connectivity index (χ2v) is 6.45. The van der Waals surface area contributed by atoms with Gasteiger partial charge in [0.1, 0.15) is 16.5 Å². The Labute approximate surface area is 148 Å². The number of hydrogen-bond acceptors (Lipinski definition) is 6. The lowest BCUT2D eigenvalue weighted by molar-refractivity contribution is -0.274. The Morgan fingerprint density at radius 3 is 2.42 bits per heavy atom. The molecule has 7 nitrogen and oxygen atoms in total. The lowest BCUT2D eigenvalue weighted by Gasteiger charge is -2.08. The first-order valence-corrected chi connectivity index (χ1v) is 8.21. The molecule has 0 spiro atoms. The number of ether oxygens (including phenoxy) is 1. The Hall–Kier alpha value is -2.95. The second kappa shape index (κ2) is 5.80. The highest BCUT2D eigenvalue weighted by Crippen LogP contribution is 2.30. The van der Waals surface area contributed by atoms with Gasteiger partial charge in [-0.3, -0.25) is 4.68 Å². The van der Waals surface area contributed by atoms with Gasteiger partial charge >= 0.3 is 6.36 Å². The van der Waals surface area contributed by atoms with Gasteiger partial charge in [-0.1, -0.05) is 11.3 Å². The number of rotatable bonds is 3. The zero-order valence-electron chi connectivity index (χ0n) is 13.5. The van der Waals surface area contributed by atoms with Crippen molar-refractivity contribution in [1.29, 1.82) is 0 Å². The first kappa shape index (κ1) is 16.5. The van der Waals surface area contributed by atoms with Gasteiger partial charge in [-0.25, -0.2) is 0 Å². The fraction of sp³-hybridized carbons (Fsp3) is 0.200. The molecule has 0 N–H and O–H groups in total. The van der Waals surface area contributed by atoms with Crippen molar-refractivity contribution >= 4 is 16.3 Å². The highest BCUT2D eigenvalue weighted by atomic mass is 32.1. The second-order valence-electron chi connectivity index (χ2n) is 5.49. The predicted octanol–water partition coefficient (Wildman–Crippen LogP) is 3.46. The molecule has 0 aliphatic heterocycles. The molecule has 0 amide bonds. The van der Waals surface area contributed by atoms with Gasteiger partial charge in [0.05, 0.1) is 5.69 Å². The molecular formula is C15H11F3N6OS. The molecule has 0 fully saturated rings. The van der Waals surface area contributed by atoms with Crippen molar-refractivity contribution in [2.75, 3.05) is 0 Å². The molecule has 11 heteroatoms. The fourth-order valence-electron chi connectivity index (χ4n) is 2.51. The molecule has 4 aromatic rings. The Morgan fingerprint density at radius 2 is 1.81 bits per heavy atom. The first-order chi connectivity index (χ1) is 12.3. The van der Waals surface area contributed by atoms with Gasteiger partial charge in [0.2, 0.25) is 10.8 Å². The highest BCUT2D eigenvalue weighted by Gasteiger charge is 2.31. The van der Waals surface area contributed by atoms with E-state index in [9.17, 15) is 13.2 Å². The van der Waals surface area contributed by atoms with Crippen LogP contribution >= 0.6 is 11.3 Å². The minimum absolute atomic E-state index is 0.282. The Kier molecular flexibility index (Phi) is 3.68. The van der Waals surface area contributed by atoms with Crippen LogP contribution in [0, 0.1) is 6.92 Å². The van der Waals surface area contributed by atoms with Crippen molar-refractivity contribution in [2.45, 2.75) is 13.3 Å². The molecule has 0 saturated carbocycles. The van der Waals surface area contributed by atoms with Crippen molar-refractivity contribution in [3.63, 3.8) is 0 Å². The standard InChI is InChI=1S/C15H11F3N6OS/c1-8-7-11(23(2)21-8)12-19-20-14-24(12)22-13(26-14)9-3-5-10(6-4-9)25-15(16,17)18/h3-7H,1-2H3. The van der Waals surface area contributed by atoms with Gasteiger partial charge in [0.25, 0.3) is 0 Å². The van der Waals surface area contributed by atoms with Crippen LogP contribution in [0.15, 0.2) is 30.3 Å². The molecule has 0 aliphatic carbocycles. The third kappa shape index (κ3) is 3.01. The maximum absolute atomic E-state index is 12.2. The first-order valence-electron chi connectivity index (χ1n) is 7.39. The minimum Gasteiger partial charge on any atom is -0.406 e. The molecule has 0 saturated heterocycles. The van der Waals surface area contributed by atoms with E-state index in [1.165, 1.54) is 35.6 Å².